The number of nitrogens with two attached hydrogens (primary N) is 1. The van der Waals surface area contributed by atoms with E-state index in [1.54, 1.807) is 41.3 Å². The monoisotopic (exact) mass is 415 g/mol. The number of hydrogen-bond donors (Lipinski definition) is 1. The van der Waals surface area contributed by atoms with Gasteiger partial charge in [0.25, 0.3) is 11.8 Å². The van der Waals surface area contributed by atoms with Crippen molar-refractivity contribution in [3.63, 3.8) is 0 Å². The van der Waals surface area contributed by atoms with Crippen LogP contribution in [-0.4, -0.2) is 35.0 Å². The fourth-order valence-corrected chi connectivity index (χ4v) is 3.77. The Hall–Kier alpha value is -2.77. The summed E-state index contributed by atoms with van der Waals surface area (Å²) in [7, 11) is 0. The van der Waals surface area contributed by atoms with Crippen LogP contribution >= 0.6 is 23.4 Å². The number of aliphatic imine (C=N–C) groups is 1. The number of ether oxygens (including phenoxy) is 1. The molecule has 2 aromatic rings. The molecule has 0 unspecified atom stereocenters. The molecule has 1 aliphatic heterocycles. The SMILES string of the molecule is CCN1C(=O)/C(=C\c2cccc(OCC(N)=O)c2)SC1=Nc1cccc(Cl)c1. The van der Waals surface area contributed by atoms with Gasteiger partial charge in [-0.3, -0.25) is 14.5 Å². The van der Waals surface area contributed by atoms with Gasteiger partial charge in [-0.1, -0.05) is 29.8 Å². The first-order valence-corrected chi connectivity index (χ1v) is 9.72. The van der Waals surface area contributed by atoms with Crippen LogP contribution in [0.25, 0.3) is 6.08 Å². The minimum Gasteiger partial charge on any atom is -0.484 e. The molecule has 0 aromatic heterocycles. The molecule has 1 saturated heterocycles. The Morgan fingerprint density at radius 3 is 2.79 bits per heavy atom. The third-order valence-corrected chi connectivity index (χ3v) is 5.02. The van der Waals surface area contributed by atoms with E-state index in [4.69, 9.17) is 22.1 Å². The van der Waals surface area contributed by atoms with E-state index in [1.165, 1.54) is 11.8 Å². The summed E-state index contributed by atoms with van der Waals surface area (Å²) in [5.74, 6) is -0.161. The highest BCUT2D eigenvalue weighted by atomic mass is 35.5. The molecular formula is C20H18ClN3O3S. The molecule has 144 valence electrons. The van der Waals surface area contributed by atoms with Crippen LogP contribution in [0.4, 0.5) is 5.69 Å². The zero-order valence-corrected chi connectivity index (χ0v) is 16.7. The molecule has 1 heterocycles. The number of rotatable bonds is 6. The lowest BCUT2D eigenvalue weighted by Gasteiger charge is -2.12. The van der Waals surface area contributed by atoms with Gasteiger partial charge in [-0.2, -0.15) is 0 Å². The molecule has 8 heteroatoms. The smallest absolute Gasteiger partial charge is 0.266 e. The molecule has 0 radical (unpaired) electrons. The summed E-state index contributed by atoms with van der Waals surface area (Å²) in [5, 5.41) is 1.19. The lowest BCUT2D eigenvalue weighted by molar-refractivity contribution is -0.122. The fraction of sp³-hybridized carbons (Fsp3) is 0.150. The van der Waals surface area contributed by atoms with E-state index in [0.29, 0.717) is 33.1 Å². The van der Waals surface area contributed by atoms with Crippen LogP contribution in [0.3, 0.4) is 0 Å². The predicted octanol–water partition coefficient (Wildman–Crippen LogP) is 3.83. The van der Waals surface area contributed by atoms with E-state index in [-0.39, 0.29) is 12.5 Å². The van der Waals surface area contributed by atoms with Gasteiger partial charge >= 0.3 is 0 Å². The minimum atomic E-state index is -0.550. The first-order valence-electron chi connectivity index (χ1n) is 8.53. The fourth-order valence-electron chi connectivity index (χ4n) is 2.53. The molecule has 0 atom stereocenters. The molecule has 1 aliphatic rings. The molecule has 28 heavy (non-hydrogen) atoms. The number of amidine groups is 1. The van der Waals surface area contributed by atoms with Crippen LogP contribution in [0.5, 0.6) is 5.75 Å². The number of primary amides is 1. The van der Waals surface area contributed by atoms with Crippen LogP contribution in [-0.2, 0) is 9.59 Å². The van der Waals surface area contributed by atoms with Gasteiger partial charge in [0.05, 0.1) is 10.6 Å². The number of halogens is 1. The Labute approximate surface area is 172 Å². The molecule has 2 N–H and O–H groups in total. The average molecular weight is 416 g/mol. The van der Waals surface area contributed by atoms with Gasteiger partial charge in [-0.05, 0) is 60.7 Å². The van der Waals surface area contributed by atoms with E-state index in [0.717, 1.165) is 5.56 Å². The highest BCUT2D eigenvalue weighted by Gasteiger charge is 2.32. The van der Waals surface area contributed by atoms with E-state index in [1.807, 2.05) is 25.1 Å². The number of thioether (sulfide) groups is 1. The number of carbonyl (C=O) groups excluding carboxylic acids is 2. The van der Waals surface area contributed by atoms with Gasteiger partial charge in [0.1, 0.15) is 5.75 Å². The molecule has 3 rings (SSSR count). The Morgan fingerprint density at radius 2 is 2.07 bits per heavy atom. The molecule has 2 amide bonds. The molecule has 6 nitrogen and oxygen atoms in total. The first-order chi connectivity index (χ1) is 13.5. The normalized spacial score (nSPS) is 16.8. The summed E-state index contributed by atoms with van der Waals surface area (Å²) in [4.78, 5) is 30.3. The second-order valence-corrected chi connectivity index (χ2v) is 7.31. The van der Waals surface area contributed by atoms with Crippen LogP contribution in [0, 0.1) is 0 Å². The molecule has 0 bridgehead atoms. The van der Waals surface area contributed by atoms with Gasteiger partial charge in [0.15, 0.2) is 11.8 Å². The van der Waals surface area contributed by atoms with E-state index < -0.39 is 5.91 Å². The van der Waals surface area contributed by atoms with Crippen molar-refractivity contribution in [2.24, 2.45) is 10.7 Å². The van der Waals surface area contributed by atoms with Crippen molar-refractivity contribution < 1.29 is 14.3 Å². The third-order valence-electron chi connectivity index (χ3n) is 3.77. The third kappa shape index (κ3) is 4.94. The largest absolute Gasteiger partial charge is 0.484 e. The van der Waals surface area contributed by atoms with Crippen molar-refractivity contribution in [3.8, 4) is 5.75 Å². The van der Waals surface area contributed by atoms with Crippen molar-refractivity contribution in [2.45, 2.75) is 6.92 Å². The quantitative estimate of drug-likeness (QED) is 0.726. The van der Waals surface area contributed by atoms with Gasteiger partial charge in [-0.25, -0.2) is 4.99 Å². The van der Waals surface area contributed by atoms with Gasteiger partial charge in [0, 0.05) is 11.6 Å². The maximum atomic E-state index is 12.7. The molecular weight excluding hydrogens is 398 g/mol. The number of likely N-dealkylation sites (N-methyl/N-ethyl adjacent to an activating group) is 1. The highest BCUT2D eigenvalue weighted by molar-refractivity contribution is 8.18. The summed E-state index contributed by atoms with van der Waals surface area (Å²) in [6.07, 6.45) is 1.77. The summed E-state index contributed by atoms with van der Waals surface area (Å²) in [6.45, 7) is 2.20. The Balaban J connectivity index is 1.86. The summed E-state index contributed by atoms with van der Waals surface area (Å²) in [5.41, 5.74) is 6.56. The van der Waals surface area contributed by atoms with Crippen molar-refractivity contribution in [1.82, 2.24) is 4.90 Å². The Kier molecular flexibility index (Phi) is 6.38. The van der Waals surface area contributed by atoms with Crippen molar-refractivity contribution >= 4 is 52.1 Å². The summed E-state index contributed by atoms with van der Waals surface area (Å²) < 4.78 is 5.31. The minimum absolute atomic E-state index is 0.114. The van der Waals surface area contributed by atoms with E-state index in [2.05, 4.69) is 4.99 Å². The molecule has 1 fully saturated rings. The topological polar surface area (TPSA) is 85.0 Å². The number of carbonyl (C=O) groups is 2. The summed E-state index contributed by atoms with van der Waals surface area (Å²) in [6, 6.07) is 14.3. The predicted molar refractivity (Wildman–Crippen MR) is 113 cm³/mol. The number of amides is 2. The van der Waals surface area contributed by atoms with Crippen molar-refractivity contribution in [3.05, 3.63) is 64.0 Å². The molecule has 0 aliphatic carbocycles. The Bertz CT molecular complexity index is 975. The van der Waals surface area contributed by atoms with Crippen LogP contribution in [0.2, 0.25) is 5.02 Å². The molecule has 2 aromatic carbocycles. The first kappa shape index (κ1) is 20.0. The van der Waals surface area contributed by atoms with Crippen LogP contribution < -0.4 is 10.5 Å². The van der Waals surface area contributed by atoms with Gasteiger partial charge in [-0.15, -0.1) is 0 Å². The number of benzene rings is 2. The van der Waals surface area contributed by atoms with Gasteiger partial charge < -0.3 is 10.5 Å². The Morgan fingerprint density at radius 1 is 1.29 bits per heavy atom. The second-order valence-electron chi connectivity index (χ2n) is 5.86. The average Bonchev–Trinajstić information content (AvgIpc) is 2.94. The lowest BCUT2D eigenvalue weighted by Crippen LogP contribution is -2.28. The number of hydrogen-bond acceptors (Lipinski definition) is 5. The van der Waals surface area contributed by atoms with E-state index >= 15 is 0 Å². The van der Waals surface area contributed by atoms with Crippen molar-refractivity contribution in [1.29, 1.82) is 0 Å². The zero-order chi connectivity index (χ0) is 20.1. The van der Waals surface area contributed by atoms with E-state index in [9.17, 15) is 9.59 Å². The number of nitrogens with zero attached hydrogens (tertiary/aromatic N) is 2. The highest BCUT2D eigenvalue weighted by Crippen LogP contribution is 2.34. The zero-order valence-electron chi connectivity index (χ0n) is 15.1. The molecule has 0 saturated carbocycles. The maximum absolute atomic E-state index is 12.7. The second kappa shape index (κ2) is 8.95. The van der Waals surface area contributed by atoms with Crippen LogP contribution in [0.1, 0.15) is 12.5 Å². The maximum Gasteiger partial charge on any atom is 0.266 e. The van der Waals surface area contributed by atoms with Crippen molar-refractivity contribution in [2.75, 3.05) is 13.2 Å². The van der Waals surface area contributed by atoms with Crippen LogP contribution in [0.15, 0.2) is 58.4 Å². The van der Waals surface area contributed by atoms with Gasteiger partial charge in [0.2, 0.25) is 0 Å². The lowest BCUT2D eigenvalue weighted by atomic mass is 10.2. The standard InChI is InChI=1S/C20H18ClN3O3S/c1-2-24-19(26)17(28-20(24)23-15-7-4-6-14(21)11-15)10-13-5-3-8-16(9-13)27-12-18(22)25/h3-11H,2,12H2,1H3,(H2,22,25)/b17-10+,23-20?. The molecule has 0 spiro atoms. The summed E-state index contributed by atoms with van der Waals surface area (Å²) >= 11 is 7.32.